The van der Waals surface area contributed by atoms with Gasteiger partial charge in [0.25, 0.3) is 0 Å². The van der Waals surface area contributed by atoms with Gasteiger partial charge in [-0.3, -0.25) is 4.90 Å². The van der Waals surface area contributed by atoms with Crippen molar-refractivity contribution in [2.45, 2.75) is 45.1 Å². The molecule has 2 nitrogen and oxygen atoms in total. The topological polar surface area (TPSA) is 15.3 Å². The fourth-order valence-corrected chi connectivity index (χ4v) is 2.66. The second-order valence-corrected chi connectivity index (χ2v) is 5.50. The van der Waals surface area contributed by atoms with Gasteiger partial charge >= 0.3 is 6.18 Å². The fourth-order valence-electron chi connectivity index (χ4n) is 2.66. The highest BCUT2D eigenvalue weighted by Gasteiger charge is 2.30. The maximum atomic E-state index is 12.5. The van der Waals surface area contributed by atoms with Crippen molar-refractivity contribution in [3.63, 3.8) is 0 Å². The van der Waals surface area contributed by atoms with Gasteiger partial charge in [-0.2, -0.15) is 13.2 Å². The van der Waals surface area contributed by atoms with Crippen LogP contribution in [0.3, 0.4) is 0 Å². The molecule has 1 heterocycles. The normalized spacial score (nSPS) is 24.9. The molecule has 2 unspecified atom stereocenters. The van der Waals surface area contributed by atoms with Crippen LogP contribution in [-0.2, 0) is 12.7 Å². The quantitative estimate of drug-likeness (QED) is 0.917. The van der Waals surface area contributed by atoms with Gasteiger partial charge in [-0.1, -0.05) is 19.1 Å². The molecule has 0 aromatic heterocycles. The first-order valence-electron chi connectivity index (χ1n) is 7.03. The van der Waals surface area contributed by atoms with E-state index in [4.69, 9.17) is 0 Å². The summed E-state index contributed by atoms with van der Waals surface area (Å²) in [6.45, 7) is 6.86. The van der Waals surface area contributed by atoms with Gasteiger partial charge in [0.1, 0.15) is 0 Å². The molecular formula is C15H21F3N2. The van der Waals surface area contributed by atoms with E-state index in [1.165, 1.54) is 12.1 Å². The van der Waals surface area contributed by atoms with E-state index in [0.717, 1.165) is 25.1 Å². The summed E-state index contributed by atoms with van der Waals surface area (Å²) in [6.07, 6.45) is -3.21. The molecule has 2 atom stereocenters. The highest BCUT2D eigenvalue weighted by molar-refractivity contribution is 5.24. The predicted molar refractivity (Wildman–Crippen MR) is 73.4 cm³/mol. The van der Waals surface area contributed by atoms with E-state index in [1.807, 2.05) is 0 Å². The first kappa shape index (κ1) is 15.3. The van der Waals surface area contributed by atoms with E-state index >= 15 is 0 Å². The molecule has 1 aromatic carbocycles. The summed E-state index contributed by atoms with van der Waals surface area (Å²) in [4.78, 5) is 2.35. The molecule has 5 heteroatoms. The first-order chi connectivity index (χ1) is 9.40. The lowest BCUT2D eigenvalue weighted by molar-refractivity contribution is -0.137. The maximum absolute atomic E-state index is 12.5. The Kier molecular flexibility index (Phi) is 4.70. The molecule has 1 aromatic rings. The third kappa shape index (κ3) is 3.73. The number of nitrogens with one attached hydrogen (secondary N) is 1. The van der Waals surface area contributed by atoms with Gasteiger partial charge in [-0.25, -0.2) is 0 Å². The van der Waals surface area contributed by atoms with Crippen molar-refractivity contribution in [1.29, 1.82) is 0 Å². The van der Waals surface area contributed by atoms with Crippen LogP contribution in [0.4, 0.5) is 13.2 Å². The van der Waals surface area contributed by atoms with Gasteiger partial charge in [0.15, 0.2) is 0 Å². The maximum Gasteiger partial charge on any atom is 0.416 e. The summed E-state index contributed by atoms with van der Waals surface area (Å²) >= 11 is 0. The second kappa shape index (κ2) is 6.14. The van der Waals surface area contributed by atoms with Crippen LogP contribution in [0.25, 0.3) is 0 Å². The van der Waals surface area contributed by atoms with Gasteiger partial charge in [0.05, 0.1) is 5.56 Å². The van der Waals surface area contributed by atoms with Crippen molar-refractivity contribution in [2.75, 3.05) is 13.1 Å². The Bertz CT molecular complexity index is 428. The minimum Gasteiger partial charge on any atom is -0.311 e. The Balaban J connectivity index is 2.05. The van der Waals surface area contributed by atoms with E-state index < -0.39 is 11.7 Å². The smallest absolute Gasteiger partial charge is 0.311 e. The lowest BCUT2D eigenvalue weighted by Gasteiger charge is -2.39. The molecule has 2 rings (SSSR count). The van der Waals surface area contributed by atoms with Crippen LogP contribution >= 0.6 is 0 Å². The van der Waals surface area contributed by atoms with Gasteiger partial charge in [-0.05, 0) is 31.0 Å². The van der Waals surface area contributed by atoms with Crippen LogP contribution in [0.2, 0.25) is 0 Å². The highest BCUT2D eigenvalue weighted by Crippen LogP contribution is 2.29. The summed E-state index contributed by atoms with van der Waals surface area (Å²) in [5.41, 5.74) is 0.354. The van der Waals surface area contributed by atoms with E-state index in [9.17, 15) is 13.2 Å². The molecule has 1 aliphatic rings. The van der Waals surface area contributed by atoms with E-state index in [1.54, 1.807) is 12.1 Å². The molecule has 20 heavy (non-hydrogen) atoms. The summed E-state index contributed by atoms with van der Waals surface area (Å²) < 4.78 is 37.6. The standard InChI is InChI=1S/C15H21F3N2/c1-3-14-8-19-11(2)9-20(14)10-12-4-6-13(7-5-12)15(16,17)18/h4-7,11,14,19H,3,8-10H2,1-2H3. The zero-order valence-electron chi connectivity index (χ0n) is 11.9. The number of benzene rings is 1. The largest absolute Gasteiger partial charge is 0.416 e. The van der Waals surface area contributed by atoms with E-state index in [2.05, 4.69) is 24.1 Å². The van der Waals surface area contributed by atoms with Crippen LogP contribution < -0.4 is 5.32 Å². The lowest BCUT2D eigenvalue weighted by Crippen LogP contribution is -2.54. The van der Waals surface area contributed by atoms with Gasteiger partial charge < -0.3 is 5.32 Å². The zero-order chi connectivity index (χ0) is 14.8. The molecule has 1 saturated heterocycles. The first-order valence-corrected chi connectivity index (χ1v) is 7.03. The minimum atomic E-state index is -4.26. The molecule has 1 aliphatic heterocycles. The zero-order valence-corrected chi connectivity index (χ0v) is 11.9. The summed E-state index contributed by atoms with van der Waals surface area (Å²) in [5.74, 6) is 0. The highest BCUT2D eigenvalue weighted by atomic mass is 19.4. The Morgan fingerprint density at radius 2 is 1.90 bits per heavy atom. The monoisotopic (exact) mass is 286 g/mol. The predicted octanol–water partition coefficient (Wildman–Crippen LogP) is 3.28. The third-order valence-electron chi connectivity index (χ3n) is 3.86. The Hall–Kier alpha value is -1.07. The van der Waals surface area contributed by atoms with Crippen molar-refractivity contribution in [2.24, 2.45) is 0 Å². The number of hydrogen-bond donors (Lipinski definition) is 1. The molecule has 0 radical (unpaired) electrons. The summed E-state index contributed by atoms with van der Waals surface area (Å²) in [7, 11) is 0. The van der Waals surface area contributed by atoms with Crippen LogP contribution in [0.5, 0.6) is 0 Å². The molecule has 0 bridgehead atoms. The van der Waals surface area contributed by atoms with E-state index in [-0.39, 0.29) is 0 Å². The molecule has 0 spiro atoms. The van der Waals surface area contributed by atoms with Crippen LogP contribution in [0.15, 0.2) is 24.3 Å². The van der Waals surface area contributed by atoms with Gasteiger partial charge in [0.2, 0.25) is 0 Å². The SMILES string of the molecule is CCC1CNC(C)CN1Cc1ccc(C(F)(F)F)cc1. The molecule has 1 fully saturated rings. The van der Waals surface area contributed by atoms with Crippen molar-refractivity contribution >= 4 is 0 Å². The molecule has 0 aliphatic carbocycles. The van der Waals surface area contributed by atoms with Gasteiger partial charge in [0, 0.05) is 31.7 Å². The van der Waals surface area contributed by atoms with Crippen LogP contribution in [0, 0.1) is 0 Å². The van der Waals surface area contributed by atoms with Crippen molar-refractivity contribution in [1.82, 2.24) is 10.2 Å². The number of halogens is 3. The van der Waals surface area contributed by atoms with E-state index in [0.29, 0.717) is 18.6 Å². The number of piperazine rings is 1. The van der Waals surface area contributed by atoms with Gasteiger partial charge in [-0.15, -0.1) is 0 Å². The fraction of sp³-hybridized carbons (Fsp3) is 0.600. The van der Waals surface area contributed by atoms with Crippen molar-refractivity contribution < 1.29 is 13.2 Å². The number of alkyl halides is 3. The molecule has 0 saturated carbocycles. The second-order valence-electron chi connectivity index (χ2n) is 5.50. The number of nitrogens with zero attached hydrogens (tertiary/aromatic N) is 1. The third-order valence-corrected chi connectivity index (χ3v) is 3.86. The van der Waals surface area contributed by atoms with Crippen molar-refractivity contribution in [3.05, 3.63) is 35.4 Å². The Labute approximate surface area is 118 Å². The number of hydrogen-bond acceptors (Lipinski definition) is 2. The van der Waals surface area contributed by atoms with Crippen molar-refractivity contribution in [3.8, 4) is 0 Å². The number of rotatable bonds is 3. The molecular weight excluding hydrogens is 265 g/mol. The average molecular weight is 286 g/mol. The minimum absolute atomic E-state index is 0.423. The Morgan fingerprint density at radius 1 is 1.25 bits per heavy atom. The Morgan fingerprint density at radius 3 is 2.45 bits per heavy atom. The summed E-state index contributed by atoms with van der Waals surface area (Å²) in [6, 6.07) is 6.38. The molecule has 1 N–H and O–H groups in total. The lowest BCUT2D eigenvalue weighted by atomic mass is 10.1. The molecule has 0 amide bonds. The molecule has 112 valence electrons. The van der Waals surface area contributed by atoms with Crippen LogP contribution in [-0.4, -0.2) is 30.1 Å². The van der Waals surface area contributed by atoms with Crippen LogP contribution in [0.1, 0.15) is 31.4 Å². The summed E-state index contributed by atoms with van der Waals surface area (Å²) in [5, 5.41) is 3.44. The average Bonchev–Trinajstić information content (AvgIpc) is 2.38.